The van der Waals surface area contributed by atoms with Gasteiger partial charge in [-0.1, -0.05) is 0 Å². The van der Waals surface area contributed by atoms with Crippen LogP contribution in [0.5, 0.6) is 0 Å². The Morgan fingerprint density at radius 3 is 2.08 bits per heavy atom. The van der Waals surface area contributed by atoms with Crippen molar-refractivity contribution < 1.29 is 4.89 Å². The molecule has 0 bridgehead atoms. The van der Waals surface area contributed by atoms with E-state index in [2.05, 4.69) is 27.2 Å². The van der Waals surface area contributed by atoms with Gasteiger partial charge in [0.15, 0.2) is 0 Å². The molecule has 0 heterocycles. The Bertz CT molecular complexity index is 107. The maximum absolute atomic E-state index is 9.92. The van der Waals surface area contributed by atoms with E-state index < -0.39 is 7.49 Å². The first-order valence-corrected chi connectivity index (χ1v) is 8.27. The number of rotatable bonds is 6. The molecule has 0 radical (unpaired) electrons. The Labute approximate surface area is 78.0 Å². The molecule has 1 unspecified atom stereocenters. The van der Waals surface area contributed by atoms with E-state index in [0.717, 1.165) is 6.42 Å². The molecule has 0 fully saturated rings. The molecule has 0 rings (SSSR count). The van der Waals surface area contributed by atoms with Gasteiger partial charge in [-0.3, -0.25) is 0 Å². The molecule has 76 valence electrons. The van der Waals surface area contributed by atoms with Crippen LogP contribution in [0.1, 0.15) is 46.0 Å². The van der Waals surface area contributed by atoms with Crippen LogP contribution in [0.3, 0.4) is 0 Å². The summed E-state index contributed by atoms with van der Waals surface area (Å²) < 4.78 is 0. The van der Waals surface area contributed by atoms with Gasteiger partial charge in [0, 0.05) is 0 Å². The summed E-state index contributed by atoms with van der Waals surface area (Å²) in [6.07, 6.45) is 6.29. The van der Waals surface area contributed by atoms with Crippen molar-refractivity contribution in [1.29, 1.82) is 0 Å². The molecule has 1 atom stereocenters. The summed E-state index contributed by atoms with van der Waals surface area (Å²) in [5, 5.41) is 0. The minimum absolute atomic E-state index is 0.615. The Balaban J connectivity index is 3.68. The summed E-state index contributed by atoms with van der Waals surface area (Å²) in [7, 11) is -1.84. The van der Waals surface area contributed by atoms with Crippen molar-refractivity contribution in [1.82, 2.24) is 0 Å². The van der Waals surface area contributed by atoms with Gasteiger partial charge in [0.25, 0.3) is 0 Å². The second kappa shape index (κ2) is 5.94. The van der Waals surface area contributed by atoms with Crippen molar-refractivity contribution in [3.8, 4) is 0 Å². The Morgan fingerprint density at radius 1 is 1.17 bits per heavy atom. The first kappa shape index (κ1) is 12.4. The van der Waals surface area contributed by atoms with Gasteiger partial charge in [-0.15, -0.1) is 0 Å². The fourth-order valence-electron chi connectivity index (χ4n) is 1.70. The fraction of sp³-hybridized carbons (Fsp3) is 1.00. The van der Waals surface area contributed by atoms with Crippen molar-refractivity contribution in [2.45, 2.75) is 51.6 Å². The third-order valence-electron chi connectivity index (χ3n) is 2.65. The number of hydrogen-bond acceptors (Lipinski definition) is 1. The van der Waals surface area contributed by atoms with Crippen LogP contribution in [0.2, 0.25) is 0 Å². The van der Waals surface area contributed by atoms with Crippen LogP contribution >= 0.6 is 7.49 Å². The molecule has 12 heavy (non-hydrogen) atoms. The molecule has 0 spiro atoms. The molecule has 0 amide bonds. The molecule has 0 aromatic carbocycles. The van der Waals surface area contributed by atoms with E-state index in [0.29, 0.717) is 5.66 Å². The molecule has 1 nitrogen and oxygen atoms in total. The van der Waals surface area contributed by atoms with Gasteiger partial charge in [0.05, 0.1) is 0 Å². The predicted molar refractivity (Wildman–Crippen MR) is 60.6 cm³/mol. The van der Waals surface area contributed by atoms with Gasteiger partial charge >= 0.3 is 77.3 Å². The molecule has 0 aliphatic rings. The third kappa shape index (κ3) is 5.11. The van der Waals surface area contributed by atoms with Crippen LogP contribution in [-0.4, -0.2) is 23.9 Å². The van der Waals surface area contributed by atoms with Gasteiger partial charge in [0.1, 0.15) is 0 Å². The van der Waals surface area contributed by atoms with Crippen LogP contribution in [0.4, 0.5) is 0 Å². The SMILES string of the molecule is CCCCCC(CC)[PH](C)(C)O. The standard InChI is InChI=1S/C10H25OP/c1-5-7-8-9-10(6-2)12(3,4)11/h10-12H,5-9H2,1-4H3. The molecule has 0 aliphatic carbocycles. The second-order valence-corrected chi connectivity index (χ2v) is 8.38. The predicted octanol–water partition coefficient (Wildman–Crippen LogP) is 3.26. The zero-order valence-electron chi connectivity index (χ0n) is 9.06. The Hall–Kier alpha value is 0.390. The van der Waals surface area contributed by atoms with Gasteiger partial charge in [-0.05, 0) is 0 Å². The molecule has 0 saturated carbocycles. The van der Waals surface area contributed by atoms with E-state index in [9.17, 15) is 4.89 Å². The second-order valence-electron chi connectivity index (χ2n) is 4.25. The van der Waals surface area contributed by atoms with E-state index in [1.54, 1.807) is 0 Å². The summed E-state index contributed by atoms with van der Waals surface area (Å²) in [6, 6.07) is 0. The average molecular weight is 192 g/mol. The van der Waals surface area contributed by atoms with Crippen LogP contribution in [0.15, 0.2) is 0 Å². The van der Waals surface area contributed by atoms with Gasteiger partial charge in [0.2, 0.25) is 0 Å². The first-order valence-electron chi connectivity index (χ1n) is 5.24. The van der Waals surface area contributed by atoms with E-state index >= 15 is 0 Å². The van der Waals surface area contributed by atoms with E-state index in [4.69, 9.17) is 0 Å². The molecule has 0 aliphatic heterocycles. The Morgan fingerprint density at radius 2 is 1.75 bits per heavy atom. The molecule has 2 heteroatoms. The summed E-state index contributed by atoms with van der Waals surface area (Å²) in [4.78, 5) is 9.92. The monoisotopic (exact) mass is 192 g/mol. The van der Waals surface area contributed by atoms with E-state index in [1.165, 1.54) is 25.7 Å². The van der Waals surface area contributed by atoms with Crippen molar-refractivity contribution in [2.75, 3.05) is 13.3 Å². The molecule has 0 aromatic rings. The van der Waals surface area contributed by atoms with Crippen LogP contribution in [-0.2, 0) is 0 Å². The topological polar surface area (TPSA) is 20.2 Å². The third-order valence-corrected chi connectivity index (χ3v) is 5.34. The van der Waals surface area contributed by atoms with Gasteiger partial charge in [-0.2, -0.15) is 0 Å². The van der Waals surface area contributed by atoms with E-state index in [1.807, 2.05) is 0 Å². The van der Waals surface area contributed by atoms with Crippen molar-refractivity contribution >= 4 is 7.49 Å². The zero-order valence-corrected chi connectivity index (χ0v) is 10.1. The molecule has 0 aromatic heterocycles. The molecule has 1 N–H and O–H groups in total. The summed E-state index contributed by atoms with van der Waals surface area (Å²) in [6.45, 7) is 8.55. The quantitative estimate of drug-likeness (QED) is 0.506. The minimum atomic E-state index is -1.84. The molecule has 0 saturated heterocycles. The summed E-state index contributed by atoms with van der Waals surface area (Å²) >= 11 is 0. The first-order chi connectivity index (χ1) is 5.52. The number of unbranched alkanes of at least 4 members (excludes halogenated alkanes) is 2. The maximum atomic E-state index is 9.92. The molecular formula is C10H25OP. The average Bonchev–Trinajstić information content (AvgIpc) is 1.95. The number of hydrogen-bond donors (Lipinski definition) is 1. The normalized spacial score (nSPS) is 16.1. The van der Waals surface area contributed by atoms with Crippen LogP contribution < -0.4 is 0 Å². The molecular weight excluding hydrogens is 167 g/mol. The summed E-state index contributed by atoms with van der Waals surface area (Å²) in [5.41, 5.74) is 0.615. The van der Waals surface area contributed by atoms with Crippen molar-refractivity contribution in [3.63, 3.8) is 0 Å². The van der Waals surface area contributed by atoms with Gasteiger partial charge in [-0.25, -0.2) is 0 Å². The van der Waals surface area contributed by atoms with Crippen molar-refractivity contribution in [2.24, 2.45) is 0 Å². The fourth-order valence-corrected chi connectivity index (χ4v) is 3.61. The van der Waals surface area contributed by atoms with Gasteiger partial charge < -0.3 is 0 Å². The van der Waals surface area contributed by atoms with Crippen LogP contribution in [0.25, 0.3) is 0 Å². The Kier molecular flexibility index (Phi) is 6.13. The zero-order chi connectivity index (χ0) is 9.61. The van der Waals surface area contributed by atoms with Crippen molar-refractivity contribution in [3.05, 3.63) is 0 Å². The van der Waals surface area contributed by atoms with Crippen LogP contribution in [0, 0.1) is 0 Å². The van der Waals surface area contributed by atoms with E-state index in [-0.39, 0.29) is 0 Å². The summed E-state index contributed by atoms with van der Waals surface area (Å²) in [5.74, 6) is 0.